The molecule has 4 heteroatoms. The lowest BCUT2D eigenvalue weighted by molar-refractivity contribution is 0.673. The van der Waals surface area contributed by atoms with E-state index in [0.29, 0.717) is 6.04 Å². The topological polar surface area (TPSA) is 28.2 Å². The number of nitrogens with one attached hydrogen (secondary N) is 1. The standard InChI is InChI=1S/C17H25N3S/c1-5-14(12-21-4)20(3)17-10-13(11-18-2)19-16-9-7-6-8-15(16)17/h6-10,14,18H,5,11-12H2,1-4H3. The molecule has 2 aromatic rings. The highest BCUT2D eigenvalue weighted by Crippen LogP contribution is 2.28. The summed E-state index contributed by atoms with van der Waals surface area (Å²) in [6.45, 7) is 3.06. The minimum absolute atomic E-state index is 0.549. The van der Waals surface area contributed by atoms with Crippen LogP contribution in [-0.4, -0.2) is 37.1 Å². The predicted molar refractivity (Wildman–Crippen MR) is 95.4 cm³/mol. The van der Waals surface area contributed by atoms with Gasteiger partial charge in [-0.15, -0.1) is 0 Å². The minimum atomic E-state index is 0.549. The van der Waals surface area contributed by atoms with E-state index in [1.165, 1.54) is 11.1 Å². The third-order valence-corrected chi connectivity index (χ3v) is 4.58. The zero-order chi connectivity index (χ0) is 15.2. The largest absolute Gasteiger partial charge is 0.370 e. The average Bonchev–Trinajstić information content (AvgIpc) is 2.51. The molecule has 1 heterocycles. The first-order valence-electron chi connectivity index (χ1n) is 7.46. The van der Waals surface area contributed by atoms with E-state index in [-0.39, 0.29) is 0 Å². The summed E-state index contributed by atoms with van der Waals surface area (Å²) in [6, 6.07) is 11.2. The Balaban J connectivity index is 2.49. The van der Waals surface area contributed by atoms with Gasteiger partial charge in [-0.1, -0.05) is 25.1 Å². The number of thioether (sulfide) groups is 1. The molecule has 0 bridgehead atoms. The lowest BCUT2D eigenvalue weighted by Gasteiger charge is -2.30. The summed E-state index contributed by atoms with van der Waals surface area (Å²) in [7, 11) is 4.16. The zero-order valence-corrected chi connectivity index (χ0v) is 14.2. The summed E-state index contributed by atoms with van der Waals surface area (Å²) in [5, 5.41) is 4.43. The zero-order valence-electron chi connectivity index (χ0n) is 13.4. The second kappa shape index (κ2) is 7.66. The molecule has 21 heavy (non-hydrogen) atoms. The third kappa shape index (κ3) is 3.69. The molecular formula is C17H25N3S. The number of hydrogen-bond donors (Lipinski definition) is 1. The number of aromatic nitrogens is 1. The molecule has 0 amide bonds. The van der Waals surface area contributed by atoms with Crippen LogP contribution in [0.1, 0.15) is 19.0 Å². The summed E-state index contributed by atoms with van der Waals surface area (Å²) in [4.78, 5) is 7.16. The molecule has 0 aliphatic rings. The number of pyridine rings is 1. The van der Waals surface area contributed by atoms with Gasteiger partial charge < -0.3 is 10.2 Å². The first-order valence-corrected chi connectivity index (χ1v) is 8.85. The maximum Gasteiger partial charge on any atom is 0.0726 e. The Kier molecular flexibility index (Phi) is 5.88. The SMILES string of the molecule is CCC(CSC)N(C)c1cc(CNC)nc2ccccc12. The summed E-state index contributed by atoms with van der Waals surface area (Å²) < 4.78 is 0. The smallest absolute Gasteiger partial charge is 0.0726 e. The minimum Gasteiger partial charge on any atom is -0.370 e. The van der Waals surface area contributed by atoms with Gasteiger partial charge in [-0.05, 0) is 31.9 Å². The Morgan fingerprint density at radius 3 is 2.76 bits per heavy atom. The molecule has 0 aliphatic carbocycles. The van der Waals surface area contributed by atoms with Crippen LogP contribution in [0.25, 0.3) is 10.9 Å². The molecule has 1 unspecified atom stereocenters. The van der Waals surface area contributed by atoms with Crippen LogP contribution in [0, 0.1) is 0 Å². The number of rotatable bonds is 7. The lowest BCUT2D eigenvalue weighted by Crippen LogP contribution is -2.33. The Bertz CT molecular complexity index is 585. The highest BCUT2D eigenvalue weighted by Gasteiger charge is 2.16. The molecular weight excluding hydrogens is 278 g/mol. The van der Waals surface area contributed by atoms with Gasteiger partial charge in [0.15, 0.2) is 0 Å². The number of benzene rings is 1. The molecule has 0 fully saturated rings. The van der Waals surface area contributed by atoms with Gasteiger partial charge in [-0.3, -0.25) is 4.98 Å². The van der Waals surface area contributed by atoms with Crippen molar-refractivity contribution in [1.82, 2.24) is 10.3 Å². The molecule has 1 aromatic carbocycles. The monoisotopic (exact) mass is 303 g/mol. The fourth-order valence-corrected chi connectivity index (χ4v) is 3.51. The summed E-state index contributed by atoms with van der Waals surface area (Å²) >= 11 is 1.91. The van der Waals surface area contributed by atoms with E-state index in [1.807, 2.05) is 18.8 Å². The van der Waals surface area contributed by atoms with Crippen molar-refractivity contribution < 1.29 is 0 Å². The van der Waals surface area contributed by atoms with Crippen molar-refractivity contribution in [2.45, 2.75) is 25.9 Å². The summed E-state index contributed by atoms with van der Waals surface area (Å²) in [5.74, 6) is 1.14. The van der Waals surface area contributed by atoms with Crippen LogP contribution in [0.2, 0.25) is 0 Å². The first kappa shape index (κ1) is 16.1. The number of nitrogens with zero attached hydrogens (tertiary/aromatic N) is 2. The van der Waals surface area contributed by atoms with Crippen molar-refractivity contribution in [3.8, 4) is 0 Å². The molecule has 0 aliphatic heterocycles. The van der Waals surface area contributed by atoms with Crippen LogP contribution >= 0.6 is 11.8 Å². The van der Waals surface area contributed by atoms with Crippen LogP contribution in [0.3, 0.4) is 0 Å². The number of fused-ring (bicyclic) bond motifs is 1. The molecule has 3 nitrogen and oxygen atoms in total. The van der Waals surface area contributed by atoms with Crippen LogP contribution in [-0.2, 0) is 6.54 Å². The van der Waals surface area contributed by atoms with Crippen LogP contribution < -0.4 is 10.2 Å². The summed E-state index contributed by atoms with van der Waals surface area (Å²) in [6.07, 6.45) is 3.32. The van der Waals surface area contributed by atoms with E-state index in [4.69, 9.17) is 4.98 Å². The van der Waals surface area contributed by atoms with E-state index in [1.54, 1.807) is 0 Å². The van der Waals surface area contributed by atoms with Crippen molar-refractivity contribution in [1.29, 1.82) is 0 Å². The molecule has 1 aromatic heterocycles. The van der Waals surface area contributed by atoms with Crippen molar-refractivity contribution in [2.75, 3.05) is 31.0 Å². The first-order chi connectivity index (χ1) is 10.2. The normalized spacial score (nSPS) is 12.6. The third-order valence-electron chi connectivity index (χ3n) is 3.86. The van der Waals surface area contributed by atoms with Crippen LogP contribution in [0.5, 0.6) is 0 Å². The molecule has 0 saturated heterocycles. The van der Waals surface area contributed by atoms with E-state index in [0.717, 1.165) is 29.9 Å². The van der Waals surface area contributed by atoms with Gasteiger partial charge in [-0.2, -0.15) is 11.8 Å². The highest BCUT2D eigenvalue weighted by molar-refractivity contribution is 7.98. The van der Waals surface area contributed by atoms with Crippen LogP contribution in [0.15, 0.2) is 30.3 Å². The summed E-state index contributed by atoms with van der Waals surface area (Å²) in [5.41, 5.74) is 3.45. The van der Waals surface area contributed by atoms with Crippen molar-refractivity contribution in [2.24, 2.45) is 0 Å². The Morgan fingerprint density at radius 2 is 2.10 bits per heavy atom. The van der Waals surface area contributed by atoms with Crippen molar-refractivity contribution >= 4 is 28.4 Å². The molecule has 0 saturated carbocycles. The molecule has 2 rings (SSSR count). The quantitative estimate of drug-likeness (QED) is 0.847. The number of para-hydroxylation sites is 1. The van der Waals surface area contributed by atoms with Gasteiger partial charge in [-0.25, -0.2) is 0 Å². The second-order valence-corrected chi connectivity index (χ2v) is 6.22. The fraction of sp³-hybridized carbons (Fsp3) is 0.471. The van der Waals surface area contributed by atoms with Gasteiger partial charge in [0.1, 0.15) is 0 Å². The van der Waals surface area contributed by atoms with Gasteiger partial charge in [0.2, 0.25) is 0 Å². The van der Waals surface area contributed by atoms with E-state index in [9.17, 15) is 0 Å². The van der Waals surface area contributed by atoms with E-state index < -0.39 is 0 Å². The molecule has 0 radical (unpaired) electrons. The average molecular weight is 303 g/mol. The second-order valence-electron chi connectivity index (χ2n) is 5.31. The maximum atomic E-state index is 4.74. The van der Waals surface area contributed by atoms with Gasteiger partial charge >= 0.3 is 0 Å². The Morgan fingerprint density at radius 1 is 1.33 bits per heavy atom. The van der Waals surface area contributed by atoms with Crippen molar-refractivity contribution in [3.63, 3.8) is 0 Å². The van der Waals surface area contributed by atoms with E-state index >= 15 is 0 Å². The molecule has 1 N–H and O–H groups in total. The highest BCUT2D eigenvalue weighted by atomic mass is 32.2. The van der Waals surface area contributed by atoms with Gasteiger partial charge in [0.25, 0.3) is 0 Å². The number of hydrogen-bond acceptors (Lipinski definition) is 4. The van der Waals surface area contributed by atoms with Crippen LogP contribution in [0.4, 0.5) is 5.69 Å². The lowest BCUT2D eigenvalue weighted by atomic mass is 10.1. The Labute approximate surface area is 132 Å². The van der Waals surface area contributed by atoms with Crippen molar-refractivity contribution in [3.05, 3.63) is 36.0 Å². The van der Waals surface area contributed by atoms with E-state index in [2.05, 4.69) is 60.8 Å². The van der Waals surface area contributed by atoms with Gasteiger partial charge in [0.05, 0.1) is 11.2 Å². The Hall–Kier alpha value is -1.26. The fourth-order valence-electron chi connectivity index (χ4n) is 2.67. The van der Waals surface area contributed by atoms with Gasteiger partial charge in [0, 0.05) is 36.5 Å². The molecule has 1 atom stereocenters. The number of anilines is 1. The predicted octanol–water partition coefficient (Wildman–Crippen LogP) is 3.53. The molecule has 0 spiro atoms. The maximum absolute atomic E-state index is 4.74. The molecule has 114 valence electrons.